The van der Waals surface area contributed by atoms with E-state index in [0.29, 0.717) is 23.9 Å². The van der Waals surface area contributed by atoms with Crippen LogP contribution in [0.2, 0.25) is 0 Å². The van der Waals surface area contributed by atoms with E-state index in [1.54, 1.807) is 0 Å². The Morgan fingerprint density at radius 1 is 0.556 bits per heavy atom. The van der Waals surface area contributed by atoms with E-state index in [2.05, 4.69) is 67.8 Å². The maximum atomic E-state index is 12.9. The smallest absolute Gasteiger partial charge is 0.391 e. The number of unbranched alkanes of at least 4 members (excludes halogenated alkanes) is 27. The number of aliphatic hydroxyl groups is 1. The van der Waals surface area contributed by atoms with Gasteiger partial charge in [-0.3, -0.25) is 13.8 Å². The summed E-state index contributed by atoms with van der Waals surface area (Å²) < 4.78 is 23.6. The van der Waals surface area contributed by atoms with Crippen molar-refractivity contribution < 1.29 is 32.9 Å². The molecule has 0 aromatic carbocycles. The number of likely N-dealkylation sites (N-methyl/N-ethyl adjacent to an activating group) is 1. The number of nitrogens with one attached hydrogen (secondary N) is 1. The van der Waals surface area contributed by atoms with Crippen molar-refractivity contribution >= 4 is 13.7 Å². The topological polar surface area (TPSA) is 105 Å². The second-order valence-corrected chi connectivity index (χ2v) is 20.7. The molecular weight excluding hydrogens is 804 g/mol. The fourth-order valence-electron chi connectivity index (χ4n) is 7.69. The van der Waals surface area contributed by atoms with Crippen molar-refractivity contribution in [3.63, 3.8) is 0 Å². The van der Waals surface area contributed by atoms with Crippen LogP contribution in [0.1, 0.15) is 239 Å². The summed E-state index contributed by atoms with van der Waals surface area (Å²) >= 11 is 0. The van der Waals surface area contributed by atoms with Gasteiger partial charge in [0.05, 0.1) is 39.9 Å². The Kier molecular flexibility index (Phi) is 44.5. The minimum absolute atomic E-state index is 0.0750. The zero-order valence-corrected chi connectivity index (χ0v) is 43.0. The van der Waals surface area contributed by atoms with E-state index in [0.717, 1.165) is 64.2 Å². The Labute approximate surface area is 390 Å². The summed E-state index contributed by atoms with van der Waals surface area (Å²) in [4.78, 5) is 23.1. The molecule has 3 unspecified atom stereocenters. The highest BCUT2D eigenvalue weighted by atomic mass is 31.2. The molecule has 0 heterocycles. The number of allylic oxidation sites excluding steroid dienone is 8. The van der Waals surface area contributed by atoms with Crippen LogP contribution >= 0.6 is 7.82 Å². The lowest BCUT2D eigenvalue weighted by atomic mass is 10.0. The lowest BCUT2D eigenvalue weighted by Crippen LogP contribution is -2.46. The molecule has 0 saturated carbocycles. The molecular formula is C54H104N2O6P+. The number of hydrogen-bond acceptors (Lipinski definition) is 5. The molecule has 3 N–H and O–H groups in total. The summed E-state index contributed by atoms with van der Waals surface area (Å²) in [5.41, 5.74) is 0. The average molecular weight is 908 g/mol. The van der Waals surface area contributed by atoms with Crippen LogP contribution in [0.5, 0.6) is 0 Å². The van der Waals surface area contributed by atoms with E-state index in [1.807, 2.05) is 21.1 Å². The maximum absolute atomic E-state index is 12.9. The molecule has 0 aromatic rings. The van der Waals surface area contributed by atoms with Crippen LogP contribution in [0, 0.1) is 0 Å². The molecule has 0 radical (unpaired) electrons. The molecule has 3 atom stereocenters. The Morgan fingerprint density at radius 2 is 0.952 bits per heavy atom. The van der Waals surface area contributed by atoms with Crippen LogP contribution in [0.4, 0.5) is 0 Å². The molecule has 0 aliphatic heterocycles. The first kappa shape index (κ1) is 61.5. The van der Waals surface area contributed by atoms with Crippen LogP contribution in [0.15, 0.2) is 48.6 Å². The molecule has 63 heavy (non-hydrogen) atoms. The zero-order valence-electron chi connectivity index (χ0n) is 42.1. The van der Waals surface area contributed by atoms with Gasteiger partial charge in [-0.25, -0.2) is 4.57 Å². The summed E-state index contributed by atoms with van der Waals surface area (Å²) in [7, 11) is 1.62. The number of rotatable bonds is 48. The van der Waals surface area contributed by atoms with Gasteiger partial charge in [-0.1, -0.05) is 229 Å². The standard InChI is InChI=1S/C54H103N2O6P/c1-6-8-10-12-14-16-17-18-19-20-21-22-23-24-25-26-27-28-29-30-31-32-33-34-35-36-37-38-39-40-42-44-46-48-54(58)55-52(51-62-63(59,60)61-50-49-56(3,4)5)53(57)47-45-43-41-15-13-11-9-7-2/h8,10,14,16,18-19,21-22,52-53,57H,6-7,9,11-13,15,17,20,23-51H2,1-5H3,(H-,55,58,59,60)/p+1/b10-8-,16-14-,19-18-,22-21-. The van der Waals surface area contributed by atoms with E-state index in [9.17, 15) is 19.4 Å². The maximum Gasteiger partial charge on any atom is 0.472 e. The van der Waals surface area contributed by atoms with Crippen molar-refractivity contribution in [3.05, 3.63) is 48.6 Å². The van der Waals surface area contributed by atoms with Crippen molar-refractivity contribution in [2.45, 2.75) is 251 Å². The number of amides is 1. The van der Waals surface area contributed by atoms with E-state index in [4.69, 9.17) is 9.05 Å². The SMILES string of the molecule is CC/C=C\C/C=C\C/C=C\C/C=C\CCCCCCCCCCCCCCCCCCCCCCC(=O)NC(COP(=O)(O)OCC[N+](C)(C)C)C(O)CCCCCCCCCC. The molecule has 0 aromatic heterocycles. The number of carbonyl (C=O) groups is 1. The van der Waals surface area contributed by atoms with Crippen LogP contribution < -0.4 is 5.32 Å². The van der Waals surface area contributed by atoms with Gasteiger partial charge in [-0.05, 0) is 51.4 Å². The Morgan fingerprint density at radius 3 is 1.40 bits per heavy atom. The van der Waals surface area contributed by atoms with Gasteiger partial charge < -0.3 is 19.8 Å². The van der Waals surface area contributed by atoms with Gasteiger partial charge in [0.1, 0.15) is 13.2 Å². The van der Waals surface area contributed by atoms with Gasteiger partial charge in [-0.2, -0.15) is 0 Å². The zero-order chi connectivity index (χ0) is 46.4. The summed E-state index contributed by atoms with van der Waals surface area (Å²) in [6.07, 6.45) is 59.0. The van der Waals surface area contributed by atoms with E-state index in [1.165, 1.54) is 148 Å². The molecule has 370 valence electrons. The first-order valence-corrected chi connectivity index (χ1v) is 28.0. The molecule has 1 amide bonds. The first-order valence-electron chi connectivity index (χ1n) is 26.5. The summed E-state index contributed by atoms with van der Waals surface area (Å²) in [5.74, 6) is -0.146. The van der Waals surface area contributed by atoms with Gasteiger partial charge in [0.2, 0.25) is 5.91 Å². The highest BCUT2D eigenvalue weighted by molar-refractivity contribution is 7.47. The number of phosphoric acid groups is 1. The minimum atomic E-state index is -4.31. The van der Waals surface area contributed by atoms with E-state index < -0.39 is 20.0 Å². The van der Waals surface area contributed by atoms with Gasteiger partial charge in [-0.15, -0.1) is 0 Å². The number of quaternary nitrogens is 1. The third-order valence-corrected chi connectivity index (χ3v) is 12.8. The Balaban J connectivity index is 3.88. The van der Waals surface area contributed by atoms with E-state index in [-0.39, 0.29) is 19.1 Å². The predicted molar refractivity (Wildman–Crippen MR) is 272 cm³/mol. The van der Waals surface area contributed by atoms with Crippen LogP contribution in [0.25, 0.3) is 0 Å². The van der Waals surface area contributed by atoms with Crippen molar-refractivity contribution in [1.82, 2.24) is 5.32 Å². The second-order valence-electron chi connectivity index (χ2n) is 19.2. The number of nitrogens with zero attached hydrogens (tertiary/aromatic N) is 1. The first-order chi connectivity index (χ1) is 30.5. The van der Waals surface area contributed by atoms with Gasteiger partial charge in [0, 0.05) is 6.42 Å². The molecule has 0 rings (SSSR count). The molecule has 0 aliphatic rings. The molecule has 9 heteroatoms. The van der Waals surface area contributed by atoms with Gasteiger partial charge in [0.25, 0.3) is 0 Å². The number of aliphatic hydroxyl groups excluding tert-OH is 1. The number of phosphoric ester groups is 1. The summed E-state index contributed by atoms with van der Waals surface area (Å²) in [6, 6.07) is -0.756. The van der Waals surface area contributed by atoms with Crippen LogP contribution in [-0.2, 0) is 18.4 Å². The summed E-state index contributed by atoms with van der Waals surface area (Å²) in [6.45, 7) is 4.75. The summed E-state index contributed by atoms with van der Waals surface area (Å²) in [5, 5.41) is 13.9. The normalized spacial score (nSPS) is 14.5. The Bertz CT molecular complexity index is 1170. The van der Waals surface area contributed by atoms with Gasteiger partial charge in [0.15, 0.2) is 0 Å². The molecule has 0 spiro atoms. The number of hydrogen-bond donors (Lipinski definition) is 3. The van der Waals surface area contributed by atoms with Crippen molar-refractivity contribution in [2.75, 3.05) is 40.9 Å². The van der Waals surface area contributed by atoms with Crippen molar-refractivity contribution in [3.8, 4) is 0 Å². The lowest BCUT2D eigenvalue weighted by molar-refractivity contribution is -0.870. The largest absolute Gasteiger partial charge is 0.472 e. The average Bonchev–Trinajstić information content (AvgIpc) is 3.24. The highest BCUT2D eigenvalue weighted by Gasteiger charge is 2.28. The quantitative estimate of drug-likeness (QED) is 0.0243. The van der Waals surface area contributed by atoms with Gasteiger partial charge >= 0.3 is 7.82 Å². The molecule has 0 fully saturated rings. The Hall–Kier alpha value is -1.54. The molecule has 0 bridgehead atoms. The van der Waals surface area contributed by atoms with Crippen LogP contribution in [-0.4, -0.2) is 73.4 Å². The number of carbonyl (C=O) groups excluding carboxylic acids is 1. The predicted octanol–water partition coefficient (Wildman–Crippen LogP) is 15.6. The third kappa shape index (κ3) is 48.2. The minimum Gasteiger partial charge on any atom is -0.391 e. The molecule has 0 aliphatic carbocycles. The lowest BCUT2D eigenvalue weighted by Gasteiger charge is -2.26. The fraction of sp³-hybridized carbons (Fsp3) is 0.833. The van der Waals surface area contributed by atoms with Crippen molar-refractivity contribution in [1.29, 1.82) is 0 Å². The fourth-order valence-corrected chi connectivity index (χ4v) is 8.42. The second kappa shape index (κ2) is 45.6. The van der Waals surface area contributed by atoms with E-state index >= 15 is 0 Å². The van der Waals surface area contributed by atoms with Crippen LogP contribution in [0.3, 0.4) is 0 Å². The van der Waals surface area contributed by atoms with Crippen molar-refractivity contribution in [2.24, 2.45) is 0 Å². The highest BCUT2D eigenvalue weighted by Crippen LogP contribution is 2.43. The third-order valence-electron chi connectivity index (χ3n) is 11.8. The molecule has 0 saturated heterocycles. The molecule has 8 nitrogen and oxygen atoms in total. The monoisotopic (exact) mass is 908 g/mol.